The monoisotopic (exact) mass is 343 g/mol. The van der Waals surface area contributed by atoms with Crippen molar-refractivity contribution in [2.24, 2.45) is 0 Å². The van der Waals surface area contributed by atoms with Crippen LogP contribution < -0.4 is 0 Å². The molecule has 0 aliphatic heterocycles. The Kier molecular flexibility index (Phi) is 3.67. The van der Waals surface area contributed by atoms with E-state index in [1.165, 1.54) is 17.4 Å². The Hall–Kier alpha value is -1.77. The van der Waals surface area contributed by atoms with Gasteiger partial charge in [0.2, 0.25) is 0 Å². The molecule has 1 aromatic heterocycles. The predicted octanol–water partition coefficient (Wildman–Crippen LogP) is 5.52. The molecule has 2 aromatic carbocycles. The minimum Gasteiger partial charge on any atom is -0.280 e. The van der Waals surface area contributed by atoms with E-state index >= 15 is 0 Å². The van der Waals surface area contributed by atoms with Crippen LogP contribution in [0.25, 0.3) is 10.9 Å². The number of benzene rings is 2. The van der Waals surface area contributed by atoms with Crippen molar-refractivity contribution in [3.63, 3.8) is 0 Å². The Balaban J connectivity index is 1.98. The molecule has 0 saturated heterocycles. The van der Waals surface area contributed by atoms with Crippen molar-refractivity contribution < 1.29 is 4.79 Å². The van der Waals surface area contributed by atoms with Gasteiger partial charge in [0, 0.05) is 16.1 Å². The first-order valence-corrected chi connectivity index (χ1v) is 8.53. The summed E-state index contributed by atoms with van der Waals surface area (Å²) in [5.41, 5.74) is 3.84. The van der Waals surface area contributed by atoms with E-state index in [0.717, 1.165) is 30.5 Å². The molecule has 116 valence electrons. The summed E-state index contributed by atoms with van der Waals surface area (Å²) in [6.07, 6.45) is 4.24. The van der Waals surface area contributed by atoms with Gasteiger partial charge in [-0.05, 0) is 55.5 Å². The number of rotatable bonds is 1. The van der Waals surface area contributed by atoms with Gasteiger partial charge < -0.3 is 0 Å². The van der Waals surface area contributed by atoms with Gasteiger partial charge in [0.1, 0.15) is 0 Å². The number of aromatic nitrogens is 1. The molecule has 0 saturated carbocycles. The maximum Gasteiger partial charge on any atom is 0.264 e. The van der Waals surface area contributed by atoms with Crippen LogP contribution in [0.5, 0.6) is 0 Å². The average molecular weight is 344 g/mol. The van der Waals surface area contributed by atoms with Crippen molar-refractivity contribution in [1.29, 1.82) is 0 Å². The lowest BCUT2D eigenvalue weighted by Crippen LogP contribution is -2.17. The van der Waals surface area contributed by atoms with Crippen LogP contribution in [-0.4, -0.2) is 10.5 Å². The first-order valence-electron chi connectivity index (χ1n) is 7.78. The van der Waals surface area contributed by atoms with Gasteiger partial charge in [-0.1, -0.05) is 41.4 Å². The predicted molar refractivity (Wildman–Crippen MR) is 94.8 cm³/mol. The molecule has 0 amide bonds. The third-order valence-corrected chi connectivity index (χ3v) is 5.11. The molecule has 23 heavy (non-hydrogen) atoms. The summed E-state index contributed by atoms with van der Waals surface area (Å²) in [5.74, 6) is -0.100. The number of hydrogen-bond donors (Lipinski definition) is 0. The molecule has 0 spiro atoms. The van der Waals surface area contributed by atoms with Gasteiger partial charge in [0.25, 0.3) is 5.91 Å². The van der Waals surface area contributed by atoms with Gasteiger partial charge >= 0.3 is 0 Å². The second kappa shape index (κ2) is 5.70. The fourth-order valence-electron chi connectivity index (χ4n) is 3.51. The van der Waals surface area contributed by atoms with Gasteiger partial charge in [0.05, 0.1) is 16.1 Å². The van der Waals surface area contributed by atoms with Crippen molar-refractivity contribution >= 4 is 40.0 Å². The van der Waals surface area contributed by atoms with E-state index in [-0.39, 0.29) is 5.91 Å². The number of fused-ring (bicyclic) bond motifs is 3. The van der Waals surface area contributed by atoms with Crippen LogP contribution in [0, 0.1) is 0 Å². The highest BCUT2D eigenvalue weighted by Gasteiger charge is 2.24. The van der Waals surface area contributed by atoms with E-state index in [1.807, 2.05) is 22.8 Å². The van der Waals surface area contributed by atoms with Crippen LogP contribution in [0.3, 0.4) is 0 Å². The molecule has 4 rings (SSSR count). The molecule has 0 fully saturated rings. The summed E-state index contributed by atoms with van der Waals surface area (Å²) >= 11 is 12.3. The van der Waals surface area contributed by atoms with Gasteiger partial charge in [-0.15, -0.1) is 0 Å². The Morgan fingerprint density at radius 3 is 2.65 bits per heavy atom. The van der Waals surface area contributed by atoms with E-state index in [1.54, 1.807) is 18.2 Å². The topological polar surface area (TPSA) is 22.0 Å². The Morgan fingerprint density at radius 1 is 1.00 bits per heavy atom. The van der Waals surface area contributed by atoms with Crippen molar-refractivity contribution in [2.45, 2.75) is 25.7 Å². The molecule has 0 bridgehead atoms. The third-order valence-electron chi connectivity index (χ3n) is 4.54. The van der Waals surface area contributed by atoms with Crippen LogP contribution in [0.1, 0.15) is 34.5 Å². The van der Waals surface area contributed by atoms with Gasteiger partial charge in [-0.2, -0.15) is 0 Å². The molecular formula is C19H15Cl2NO. The van der Waals surface area contributed by atoms with Crippen molar-refractivity contribution in [3.05, 3.63) is 69.3 Å². The van der Waals surface area contributed by atoms with Crippen LogP contribution in [0.4, 0.5) is 0 Å². The van der Waals surface area contributed by atoms with Crippen LogP contribution in [0.2, 0.25) is 10.0 Å². The lowest BCUT2D eigenvalue weighted by molar-refractivity contribution is 0.0961. The summed E-state index contributed by atoms with van der Waals surface area (Å²) < 4.78 is 1.83. The van der Waals surface area contributed by atoms with E-state index < -0.39 is 0 Å². The first-order chi connectivity index (χ1) is 11.2. The summed E-state index contributed by atoms with van der Waals surface area (Å²) in [5, 5.41) is 2.12. The van der Waals surface area contributed by atoms with Crippen molar-refractivity contribution in [2.75, 3.05) is 0 Å². The zero-order chi connectivity index (χ0) is 16.0. The quantitative estimate of drug-likeness (QED) is 0.570. The molecule has 1 aliphatic carbocycles. The number of nitrogens with zero attached hydrogens (tertiary/aromatic N) is 1. The van der Waals surface area contributed by atoms with E-state index in [0.29, 0.717) is 15.6 Å². The fraction of sp³-hybridized carbons (Fsp3) is 0.211. The normalized spacial score (nSPS) is 14.0. The largest absolute Gasteiger partial charge is 0.280 e. The lowest BCUT2D eigenvalue weighted by atomic mass is 9.95. The zero-order valence-corrected chi connectivity index (χ0v) is 14.0. The average Bonchev–Trinajstić information content (AvgIpc) is 2.91. The van der Waals surface area contributed by atoms with Gasteiger partial charge in [-0.25, -0.2) is 0 Å². The van der Waals surface area contributed by atoms with Gasteiger partial charge in [-0.3, -0.25) is 9.36 Å². The Bertz CT molecular complexity index is 927. The van der Waals surface area contributed by atoms with E-state index in [4.69, 9.17) is 23.2 Å². The highest BCUT2D eigenvalue weighted by molar-refractivity contribution is 6.36. The van der Waals surface area contributed by atoms with Crippen molar-refractivity contribution in [3.8, 4) is 0 Å². The number of carbonyl (C=O) groups is 1. The van der Waals surface area contributed by atoms with Crippen LogP contribution in [0.15, 0.2) is 42.5 Å². The molecule has 2 nitrogen and oxygen atoms in total. The maximum absolute atomic E-state index is 13.2. The molecule has 1 heterocycles. The number of para-hydroxylation sites is 1. The second-order valence-corrected chi connectivity index (χ2v) is 6.76. The second-order valence-electron chi connectivity index (χ2n) is 5.91. The standard InChI is InChI=1S/C19H15Cl2NO/c20-12-9-10-16(21)15(11-12)19(23)22-17-7-3-1-5-13(17)14-6-2-4-8-18(14)22/h1,3,5,7,9-11H,2,4,6,8H2. The zero-order valence-electron chi connectivity index (χ0n) is 12.5. The molecule has 0 N–H and O–H groups in total. The fourth-order valence-corrected chi connectivity index (χ4v) is 3.88. The molecule has 0 unspecified atom stereocenters. The SMILES string of the molecule is O=C(c1cc(Cl)ccc1Cl)n1c2c(c3ccccc31)CCCC2. The lowest BCUT2D eigenvalue weighted by Gasteiger charge is -2.15. The smallest absolute Gasteiger partial charge is 0.264 e. The molecule has 1 aliphatic rings. The number of halogens is 2. The minimum absolute atomic E-state index is 0.100. The molecule has 0 radical (unpaired) electrons. The first kappa shape index (κ1) is 14.8. The number of aryl methyl sites for hydroxylation is 1. The minimum atomic E-state index is -0.100. The van der Waals surface area contributed by atoms with E-state index in [2.05, 4.69) is 6.07 Å². The Labute approximate surface area is 144 Å². The number of hydrogen-bond acceptors (Lipinski definition) is 1. The molecular weight excluding hydrogens is 329 g/mol. The highest BCUT2D eigenvalue weighted by atomic mass is 35.5. The van der Waals surface area contributed by atoms with E-state index in [9.17, 15) is 4.79 Å². The summed E-state index contributed by atoms with van der Waals surface area (Å²) in [6, 6.07) is 13.1. The third kappa shape index (κ3) is 2.37. The summed E-state index contributed by atoms with van der Waals surface area (Å²) in [4.78, 5) is 13.2. The summed E-state index contributed by atoms with van der Waals surface area (Å²) in [6.45, 7) is 0. The maximum atomic E-state index is 13.2. The molecule has 3 aromatic rings. The molecule has 4 heteroatoms. The Morgan fingerprint density at radius 2 is 1.78 bits per heavy atom. The summed E-state index contributed by atoms with van der Waals surface area (Å²) in [7, 11) is 0. The highest BCUT2D eigenvalue weighted by Crippen LogP contribution is 2.33. The van der Waals surface area contributed by atoms with Gasteiger partial charge in [0.15, 0.2) is 0 Å². The molecule has 0 atom stereocenters. The van der Waals surface area contributed by atoms with Crippen LogP contribution in [-0.2, 0) is 12.8 Å². The van der Waals surface area contributed by atoms with Crippen LogP contribution >= 0.6 is 23.2 Å². The van der Waals surface area contributed by atoms with Crippen molar-refractivity contribution in [1.82, 2.24) is 4.57 Å². The number of carbonyl (C=O) groups excluding carboxylic acids is 1.